The lowest BCUT2D eigenvalue weighted by Crippen LogP contribution is -2.65. The zero-order chi connectivity index (χ0) is 70.3. The van der Waals surface area contributed by atoms with Gasteiger partial charge in [-0.05, 0) is 45.1 Å². The molecule has 0 bridgehead atoms. The van der Waals surface area contributed by atoms with Crippen LogP contribution in [0.25, 0.3) is 0 Å². The number of nitrogens with one attached hydrogen (secondary N) is 7. The maximum atomic E-state index is 15.2. The zero-order valence-corrected chi connectivity index (χ0v) is 53.2. The van der Waals surface area contributed by atoms with Gasteiger partial charge >= 0.3 is 6.09 Å². The monoisotopic (exact) mass is 1340 g/mol. The van der Waals surface area contributed by atoms with E-state index in [9.17, 15) is 69.3 Å². The second-order valence-electron chi connectivity index (χ2n) is 23.7. The van der Waals surface area contributed by atoms with E-state index in [0.29, 0.717) is 30.2 Å². The first-order chi connectivity index (χ1) is 44.8. The number of aromatic amines is 1. The molecule has 11 unspecified atom stereocenters. The van der Waals surface area contributed by atoms with E-state index in [1.807, 2.05) is 0 Å². The topological polar surface area (TPSA) is 606 Å². The van der Waals surface area contributed by atoms with Crippen LogP contribution in [0.4, 0.5) is 10.6 Å². The molecule has 2 fully saturated rings. The average molecular weight is 1340 g/mol. The number of allylic oxidation sites excluding steroid dienone is 1. The van der Waals surface area contributed by atoms with Crippen molar-refractivity contribution in [2.75, 3.05) is 32.0 Å². The predicted octanol–water partition coefficient (Wildman–Crippen LogP) is -7.73. The van der Waals surface area contributed by atoms with Crippen molar-refractivity contribution in [3.63, 3.8) is 0 Å². The maximum absolute atomic E-state index is 15.2. The number of carbonyl (C=O) groups excluding carboxylic acids is 8. The van der Waals surface area contributed by atoms with E-state index in [1.54, 1.807) is 33.4 Å². The third-order valence-electron chi connectivity index (χ3n) is 16.1. The molecule has 0 saturated carbocycles. The Bertz CT molecular complexity index is 3190. The number of aliphatic imine (C=N–C) groups is 2. The molecule has 24 N–H and O–H groups in total. The summed E-state index contributed by atoms with van der Waals surface area (Å²) < 4.78 is 28.3. The van der Waals surface area contributed by atoms with Gasteiger partial charge in [0.1, 0.15) is 84.6 Å². The number of anilines is 1. The number of H-pyrrole nitrogens is 1. The summed E-state index contributed by atoms with van der Waals surface area (Å²) in [5.41, 5.74) is 29.2. The molecule has 518 valence electrons. The van der Waals surface area contributed by atoms with Crippen LogP contribution in [-0.4, -0.2) is 254 Å². The minimum Gasteiger partial charge on any atom is -0.441 e. The second-order valence-corrected chi connectivity index (χ2v) is 23.7. The Labute approximate surface area is 546 Å². The van der Waals surface area contributed by atoms with Gasteiger partial charge < -0.3 is 125 Å². The Balaban J connectivity index is 1.24. The Morgan fingerprint density at radius 2 is 1.53 bits per heavy atom. The summed E-state index contributed by atoms with van der Waals surface area (Å²) in [6, 6.07) is -7.18. The summed E-state index contributed by atoms with van der Waals surface area (Å²) in [7, 11) is 3.41. The normalized spacial score (nSPS) is 25.3. The van der Waals surface area contributed by atoms with Crippen LogP contribution >= 0.6 is 0 Å². The largest absolute Gasteiger partial charge is 0.441 e. The van der Waals surface area contributed by atoms with Crippen LogP contribution in [0.5, 0.6) is 0 Å². The molecule has 2 aromatic heterocycles. The number of primary amides is 3. The van der Waals surface area contributed by atoms with Gasteiger partial charge in [-0.15, -0.1) is 0 Å². The van der Waals surface area contributed by atoms with Crippen LogP contribution in [0, 0.1) is 18.8 Å². The quantitative estimate of drug-likeness (QED) is 0.0229. The van der Waals surface area contributed by atoms with Gasteiger partial charge in [-0.1, -0.05) is 45.8 Å². The highest BCUT2D eigenvalue weighted by atomic mass is 16.8. The first-order valence-electron chi connectivity index (χ1n) is 30.5. The summed E-state index contributed by atoms with van der Waals surface area (Å²) >= 11 is 0. The summed E-state index contributed by atoms with van der Waals surface area (Å²) in [4.78, 5) is 131. The van der Waals surface area contributed by atoms with Gasteiger partial charge in [0, 0.05) is 49.2 Å². The molecule has 0 aliphatic carbocycles. The molecular weight excluding hydrogens is 1250 g/mol. The summed E-state index contributed by atoms with van der Waals surface area (Å²) in [6.07, 6.45) is -22.0. The van der Waals surface area contributed by atoms with Crippen molar-refractivity contribution in [1.29, 1.82) is 0 Å². The minimum absolute atomic E-state index is 0.0286. The summed E-state index contributed by atoms with van der Waals surface area (Å²) in [5, 5.41) is 92.5. The number of aliphatic hydroxyl groups excluding tert-OH is 7. The van der Waals surface area contributed by atoms with E-state index in [1.165, 1.54) is 27.7 Å². The maximum Gasteiger partial charge on any atom is 0.404 e. The van der Waals surface area contributed by atoms with Crippen LogP contribution in [0.1, 0.15) is 86.7 Å². The van der Waals surface area contributed by atoms with Gasteiger partial charge in [0.05, 0.1) is 48.7 Å². The highest BCUT2D eigenvalue weighted by Gasteiger charge is 2.54. The molecule has 4 aliphatic heterocycles. The fourth-order valence-electron chi connectivity index (χ4n) is 10.2. The molecule has 0 spiro atoms. The fraction of sp³-hybridized carbons (Fsp3) is 0.618. The molecule has 2 radical (unpaired) electrons. The number of amides is 8. The summed E-state index contributed by atoms with van der Waals surface area (Å²) in [6.45, 7) is 11.1. The Morgan fingerprint density at radius 1 is 0.811 bits per heavy atom. The molecule has 0 aromatic carbocycles. The van der Waals surface area contributed by atoms with Crippen molar-refractivity contribution in [3.05, 3.63) is 58.6 Å². The van der Waals surface area contributed by atoms with Crippen LogP contribution in [0.15, 0.2) is 45.9 Å². The van der Waals surface area contributed by atoms with Crippen LogP contribution < -0.4 is 60.6 Å². The van der Waals surface area contributed by atoms with Crippen molar-refractivity contribution in [2.24, 2.45) is 44.8 Å². The van der Waals surface area contributed by atoms with Crippen molar-refractivity contribution in [2.45, 2.75) is 178 Å². The predicted molar refractivity (Wildman–Crippen MR) is 336 cm³/mol. The van der Waals surface area contributed by atoms with Crippen LogP contribution in [-0.2, 0) is 52.5 Å². The first kappa shape index (κ1) is 76.2. The van der Waals surface area contributed by atoms with Gasteiger partial charge in [0.25, 0.3) is 11.8 Å². The third-order valence-corrected chi connectivity index (χ3v) is 16.1. The molecule has 6 rings (SSSR count). The van der Waals surface area contributed by atoms with Crippen molar-refractivity contribution >= 4 is 85.8 Å². The van der Waals surface area contributed by atoms with Gasteiger partial charge in [-0.2, -0.15) is 0 Å². The number of ether oxygens (including phenoxy) is 5. The molecule has 95 heavy (non-hydrogen) atoms. The van der Waals surface area contributed by atoms with E-state index in [0.717, 1.165) is 25.3 Å². The molecule has 2 saturated heterocycles. The second kappa shape index (κ2) is 34.7. The number of rotatable bonds is 34. The van der Waals surface area contributed by atoms with Crippen molar-refractivity contribution in [3.8, 4) is 0 Å². The lowest BCUT2D eigenvalue weighted by Gasteiger charge is -2.46. The molecule has 8 amide bonds. The number of hydrogen-bond acceptors (Lipinski definition) is 28. The zero-order valence-electron chi connectivity index (χ0n) is 53.2. The lowest BCUT2D eigenvalue weighted by molar-refractivity contribution is -0.390. The summed E-state index contributed by atoms with van der Waals surface area (Å²) in [5.74, 6) is -5.20. The molecule has 19 atom stereocenters. The number of nitrogens with zero attached hydrogens (tertiary/aromatic N) is 5. The van der Waals surface area contributed by atoms with Gasteiger partial charge in [0.15, 0.2) is 25.0 Å². The van der Waals surface area contributed by atoms with E-state index < -0.39 is 176 Å². The number of nitrogens with two attached hydrogens (primary N) is 5. The molecule has 4 aliphatic rings. The third kappa shape index (κ3) is 20.3. The van der Waals surface area contributed by atoms with Crippen LogP contribution in [0.2, 0.25) is 20.0 Å². The van der Waals surface area contributed by atoms with E-state index >= 15 is 4.79 Å². The van der Waals surface area contributed by atoms with Gasteiger partial charge in [-0.25, -0.2) is 19.7 Å². The molecule has 6 heterocycles. The molecule has 2 aromatic rings. The fourth-order valence-corrected chi connectivity index (χ4v) is 10.2. The highest BCUT2D eigenvalue weighted by molar-refractivity contribution is 6.87. The SMILES string of the molecule is CB(C)CCCNC(=O)C1=C[B]C(C2=C[B]C(CCNC(=O)[C@@H](NC(=O)[C@@H](C)C(C)[C@@H](C)NC(=O)[C@@H](NC(=O)c3nc([C@H](CC(N)=O)NC[C@H](N)C(N)=O)nc(N)c3C)[C@@H](OC3OC(O)C(O)C(O)C3OC3OC(CO)C(O)C(OC(N)=O)C3O)c3cnc[nH]3)[C@@H](C)O)=N2)=N1. The number of nitrogen functional groups attached to an aromatic ring is 1. The molecule has 37 nitrogen and oxygen atoms in total. The van der Waals surface area contributed by atoms with Crippen molar-refractivity contribution in [1.82, 2.24) is 51.8 Å². The Hall–Kier alpha value is -7.86. The lowest BCUT2D eigenvalue weighted by atomic mass is 9.51. The number of carbonyl (C=O) groups is 8. The number of hydrogen-bond donors (Lipinski definition) is 19. The Morgan fingerprint density at radius 3 is 2.16 bits per heavy atom. The number of imidazole rings is 1. The van der Waals surface area contributed by atoms with E-state index in [-0.39, 0.29) is 54.0 Å². The standard InChI is InChI=1S/C55H84B3N17O20/c1-20(21(2)47(84)73-34(24(5)77)49(86)66-12-9-31-56-14-27(70-31)43-57-15-28(71-43)48(85)65-11-8-10-58(6)7)23(4)69-51(88)35(74-50(87)33-22(3)44(61)75-46(72-33)26(13-32(60)78)67-16-25(59)45(62)83)40(29-17-64-19-68-29)92-54-42(37(80)38(81)52(89)95-54)93-53-39(82)41(94-55(63)90)36(79)30(18-76)91-53/h14-15,17,19-21,23-26,30,34-42,52-54,67,76-77,79-82,89H,8-13,16,18,59H2,1-7H3,(H2,60,78)(H2,62,83)(H2,63,90)(H,64,68)(H,65,85)(H,66,86)(H,69,88)(H,73,84)(H,74,87)(H2,61,72,75)/t20?,21-,23+,24+,25-,26-,30?,34-,35-,36?,37?,38?,39?,40-,41?,42?,52?,53?,54?/m0/s1. The minimum atomic E-state index is -2.31. The molecular formula is C55H84B3N17O20. The number of aliphatic hydroxyl groups is 7. The Kier molecular flexibility index (Phi) is 27.8. The van der Waals surface area contributed by atoms with Gasteiger partial charge in [0.2, 0.25) is 44.1 Å². The van der Waals surface area contributed by atoms with Crippen LogP contribution in [0.3, 0.4) is 0 Å². The first-order valence-corrected chi connectivity index (χ1v) is 30.5. The number of aromatic nitrogens is 4. The van der Waals surface area contributed by atoms with Gasteiger partial charge in [-0.3, -0.25) is 43.5 Å². The smallest absolute Gasteiger partial charge is 0.404 e. The van der Waals surface area contributed by atoms with E-state index in [4.69, 9.17) is 52.4 Å². The highest BCUT2D eigenvalue weighted by Crippen LogP contribution is 2.34. The van der Waals surface area contributed by atoms with Crippen molar-refractivity contribution < 1.29 is 97.8 Å². The van der Waals surface area contributed by atoms with E-state index in [2.05, 4.69) is 75.5 Å². The average Bonchev–Trinajstić information content (AvgIpc) is 1.39. The molecule has 40 heteroatoms.